The first-order valence-electron chi connectivity index (χ1n) is 11.7. The maximum atomic E-state index is 14.9. The van der Waals surface area contributed by atoms with Crippen LogP contribution in [0.5, 0.6) is 11.5 Å². The van der Waals surface area contributed by atoms with Gasteiger partial charge < -0.3 is 4.74 Å². The lowest BCUT2D eigenvalue weighted by Crippen LogP contribution is -2.13. The first kappa shape index (κ1) is 24.2. The van der Waals surface area contributed by atoms with Gasteiger partial charge in [0.05, 0.1) is 0 Å². The van der Waals surface area contributed by atoms with Gasteiger partial charge in [-0.1, -0.05) is 44.0 Å². The van der Waals surface area contributed by atoms with Crippen LogP contribution >= 0.6 is 0 Å². The van der Waals surface area contributed by atoms with Crippen molar-refractivity contribution in [3.8, 4) is 22.6 Å². The van der Waals surface area contributed by atoms with E-state index in [-0.39, 0.29) is 11.1 Å². The summed E-state index contributed by atoms with van der Waals surface area (Å²) in [6.45, 7) is 3.64. The highest BCUT2D eigenvalue weighted by Gasteiger charge is 2.24. The van der Waals surface area contributed by atoms with Crippen LogP contribution in [0.3, 0.4) is 0 Å². The molecular weight excluding hydrogens is 447 g/mol. The van der Waals surface area contributed by atoms with Crippen molar-refractivity contribution in [2.24, 2.45) is 5.92 Å². The van der Waals surface area contributed by atoms with Gasteiger partial charge in [0.15, 0.2) is 29.0 Å². The predicted octanol–water partition coefficient (Wildman–Crippen LogP) is 9.22. The monoisotopic (exact) mass is 474 g/mol. The Hall–Kier alpha value is -2.89. The number of rotatable bonds is 6. The minimum atomic E-state index is -1.66. The Morgan fingerprint density at radius 1 is 0.794 bits per heavy atom. The minimum absolute atomic E-state index is 0.0645. The van der Waals surface area contributed by atoms with E-state index in [1.165, 1.54) is 44.2 Å². The zero-order chi connectivity index (χ0) is 24.4. The van der Waals surface area contributed by atoms with E-state index in [0.717, 1.165) is 18.8 Å². The quantitative estimate of drug-likeness (QED) is 0.256. The first-order valence-corrected chi connectivity index (χ1v) is 11.7. The van der Waals surface area contributed by atoms with Crippen molar-refractivity contribution in [1.82, 2.24) is 0 Å². The Bertz CT molecular complexity index is 1140. The molecule has 4 rings (SSSR count). The van der Waals surface area contributed by atoms with Crippen LogP contribution in [-0.2, 0) is 0 Å². The fourth-order valence-electron chi connectivity index (χ4n) is 4.89. The summed E-state index contributed by atoms with van der Waals surface area (Å²) < 4.78 is 75.2. The molecule has 0 aromatic heterocycles. The van der Waals surface area contributed by atoms with Crippen LogP contribution in [0.1, 0.15) is 62.5 Å². The highest BCUT2D eigenvalue weighted by molar-refractivity contribution is 5.72. The fourth-order valence-corrected chi connectivity index (χ4v) is 4.89. The lowest BCUT2D eigenvalue weighted by atomic mass is 9.77. The van der Waals surface area contributed by atoms with Gasteiger partial charge in [-0.25, -0.2) is 17.6 Å². The Balaban J connectivity index is 1.64. The molecule has 0 bridgehead atoms. The van der Waals surface area contributed by atoms with E-state index in [2.05, 4.69) is 6.92 Å². The van der Waals surface area contributed by atoms with E-state index in [4.69, 9.17) is 4.74 Å². The van der Waals surface area contributed by atoms with Crippen LogP contribution in [0.15, 0.2) is 42.5 Å². The van der Waals surface area contributed by atoms with Gasteiger partial charge >= 0.3 is 0 Å². The molecule has 180 valence electrons. The van der Waals surface area contributed by atoms with Gasteiger partial charge in [-0.3, -0.25) is 0 Å². The van der Waals surface area contributed by atoms with Crippen molar-refractivity contribution in [1.29, 1.82) is 0 Å². The van der Waals surface area contributed by atoms with Crippen molar-refractivity contribution in [2.45, 2.75) is 58.3 Å². The first-order chi connectivity index (χ1) is 16.3. The largest absolute Gasteiger partial charge is 0.453 e. The molecule has 1 aliphatic carbocycles. The summed E-state index contributed by atoms with van der Waals surface area (Å²) in [5.74, 6) is -6.75. The number of hydrogen-bond donors (Lipinski definition) is 0. The molecule has 0 atom stereocenters. The Labute approximate surface area is 196 Å². The fraction of sp³-hybridized carbons (Fsp3) is 0.357. The maximum Gasteiger partial charge on any atom is 0.202 e. The lowest BCUT2D eigenvalue weighted by molar-refractivity contribution is 0.308. The number of halogens is 5. The third-order valence-electron chi connectivity index (χ3n) is 6.76. The second-order valence-electron chi connectivity index (χ2n) is 9.13. The lowest BCUT2D eigenvalue weighted by Gasteiger charge is -2.28. The number of ether oxygens (including phenoxy) is 1. The van der Waals surface area contributed by atoms with Crippen molar-refractivity contribution in [2.75, 3.05) is 0 Å². The van der Waals surface area contributed by atoms with Gasteiger partial charge in [0.1, 0.15) is 5.75 Å². The van der Waals surface area contributed by atoms with Crippen LogP contribution in [-0.4, -0.2) is 0 Å². The summed E-state index contributed by atoms with van der Waals surface area (Å²) >= 11 is 0. The summed E-state index contributed by atoms with van der Waals surface area (Å²) in [7, 11) is 0. The zero-order valence-electron chi connectivity index (χ0n) is 19.2. The standard InChI is InChI=1S/C28H27F5O/c1-3-4-17-5-7-18(8-6-17)19-9-11-20(12-10-19)22-13-16(2)25(31)27(33)28(22)34-21-14-23(29)26(32)24(30)15-21/h9-15,17-18H,3-8H2,1-2H3. The molecule has 0 amide bonds. The van der Waals surface area contributed by atoms with Crippen LogP contribution < -0.4 is 4.74 Å². The van der Waals surface area contributed by atoms with Crippen molar-refractivity contribution in [3.63, 3.8) is 0 Å². The van der Waals surface area contributed by atoms with Crippen molar-refractivity contribution in [3.05, 3.63) is 82.7 Å². The molecule has 0 heterocycles. The van der Waals surface area contributed by atoms with E-state index in [1.54, 1.807) is 0 Å². The summed E-state index contributed by atoms with van der Waals surface area (Å²) in [6, 6.07) is 10.2. The van der Waals surface area contributed by atoms with E-state index >= 15 is 0 Å². The average Bonchev–Trinajstić information content (AvgIpc) is 2.83. The smallest absolute Gasteiger partial charge is 0.202 e. The molecule has 1 nitrogen and oxygen atoms in total. The molecule has 1 saturated carbocycles. The van der Waals surface area contributed by atoms with Gasteiger partial charge in [0.2, 0.25) is 5.82 Å². The normalized spacial score (nSPS) is 18.2. The number of hydrogen-bond acceptors (Lipinski definition) is 1. The second kappa shape index (κ2) is 10.2. The van der Waals surface area contributed by atoms with E-state index < -0.39 is 40.6 Å². The summed E-state index contributed by atoms with van der Waals surface area (Å²) in [4.78, 5) is 0. The Kier molecular flexibility index (Phi) is 7.24. The van der Waals surface area contributed by atoms with E-state index in [1.807, 2.05) is 24.3 Å². The Morgan fingerprint density at radius 2 is 1.41 bits per heavy atom. The summed E-state index contributed by atoms with van der Waals surface area (Å²) in [5.41, 5.74) is 2.07. The predicted molar refractivity (Wildman–Crippen MR) is 123 cm³/mol. The molecular formula is C28H27F5O. The molecule has 0 aliphatic heterocycles. The second-order valence-corrected chi connectivity index (χ2v) is 9.13. The van der Waals surface area contributed by atoms with Crippen LogP contribution in [0.25, 0.3) is 11.1 Å². The SMILES string of the molecule is CCCC1CCC(c2ccc(-c3cc(C)c(F)c(F)c3Oc3cc(F)c(F)c(F)c3)cc2)CC1. The van der Waals surface area contributed by atoms with E-state index in [0.29, 0.717) is 23.6 Å². The van der Waals surface area contributed by atoms with Gasteiger partial charge in [-0.05, 0) is 67.2 Å². The van der Waals surface area contributed by atoms with Gasteiger partial charge in [0, 0.05) is 17.7 Å². The van der Waals surface area contributed by atoms with Gasteiger partial charge in [-0.15, -0.1) is 0 Å². The molecule has 0 spiro atoms. The van der Waals surface area contributed by atoms with Crippen molar-refractivity contribution < 1.29 is 26.7 Å². The molecule has 0 N–H and O–H groups in total. The topological polar surface area (TPSA) is 9.23 Å². The molecule has 0 unspecified atom stereocenters. The minimum Gasteiger partial charge on any atom is -0.453 e. The number of benzene rings is 3. The molecule has 6 heteroatoms. The van der Waals surface area contributed by atoms with Crippen LogP contribution in [0.4, 0.5) is 22.0 Å². The maximum absolute atomic E-state index is 14.9. The molecule has 0 saturated heterocycles. The Morgan fingerprint density at radius 3 is 2.00 bits per heavy atom. The van der Waals surface area contributed by atoms with Gasteiger partial charge in [-0.2, -0.15) is 4.39 Å². The summed E-state index contributed by atoms with van der Waals surface area (Å²) in [6.07, 6.45) is 7.16. The van der Waals surface area contributed by atoms with Crippen molar-refractivity contribution >= 4 is 0 Å². The van der Waals surface area contributed by atoms with Gasteiger partial charge in [0.25, 0.3) is 0 Å². The van der Waals surface area contributed by atoms with Crippen LogP contribution in [0.2, 0.25) is 0 Å². The molecule has 0 radical (unpaired) electrons. The highest BCUT2D eigenvalue weighted by atomic mass is 19.2. The number of aryl methyl sites for hydroxylation is 1. The average molecular weight is 475 g/mol. The molecule has 3 aromatic carbocycles. The zero-order valence-corrected chi connectivity index (χ0v) is 19.2. The molecule has 1 aliphatic rings. The van der Waals surface area contributed by atoms with Crippen LogP contribution in [0, 0.1) is 41.9 Å². The third-order valence-corrected chi connectivity index (χ3v) is 6.76. The third kappa shape index (κ3) is 4.96. The highest BCUT2D eigenvalue weighted by Crippen LogP contribution is 2.41. The molecule has 34 heavy (non-hydrogen) atoms. The summed E-state index contributed by atoms with van der Waals surface area (Å²) in [5, 5.41) is 0. The molecule has 1 fully saturated rings. The molecule has 3 aromatic rings. The van der Waals surface area contributed by atoms with E-state index in [9.17, 15) is 22.0 Å².